The van der Waals surface area contributed by atoms with E-state index in [9.17, 15) is 0 Å². The van der Waals surface area contributed by atoms with E-state index in [0.29, 0.717) is 5.56 Å². The summed E-state index contributed by atoms with van der Waals surface area (Å²) in [5.41, 5.74) is 7.19. The summed E-state index contributed by atoms with van der Waals surface area (Å²) in [6.07, 6.45) is 3.38. The lowest BCUT2D eigenvalue weighted by molar-refractivity contribution is 1.11. The summed E-state index contributed by atoms with van der Waals surface area (Å²) >= 11 is 4.98. The number of nitrogens with two attached hydrogens (primary N) is 1. The van der Waals surface area contributed by atoms with Gasteiger partial charge < -0.3 is 5.73 Å². The van der Waals surface area contributed by atoms with Crippen molar-refractivity contribution in [1.82, 2.24) is 9.97 Å². The van der Waals surface area contributed by atoms with Crippen molar-refractivity contribution < 1.29 is 0 Å². The molecule has 0 amide bonds. The Hall–Kier alpha value is -1.92. The molecule has 0 radical (unpaired) electrons. The van der Waals surface area contributed by atoms with E-state index in [1.54, 1.807) is 12.4 Å². The molecule has 0 saturated carbocycles. The number of nitrogens with zero attached hydrogens (tertiary/aromatic N) is 2. The van der Waals surface area contributed by atoms with Gasteiger partial charge in [-0.1, -0.05) is 30.0 Å². The third-order valence-corrected chi connectivity index (χ3v) is 5.00. The third kappa shape index (κ3) is 2.77. The van der Waals surface area contributed by atoms with Gasteiger partial charge in [0, 0.05) is 28.2 Å². The predicted molar refractivity (Wildman–Crippen MR) is 88.8 cm³/mol. The number of amidine groups is 1. The Balaban J connectivity index is 2.21. The number of nitrogen functional groups attached to an aromatic ring is 1. The molecule has 4 nitrogen and oxygen atoms in total. The van der Waals surface area contributed by atoms with Crippen molar-refractivity contribution in [2.24, 2.45) is 5.73 Å². The average Bonchev–Trinajstić information content (AvgIpc) is 2.49. The molecule has 0 aliphatic rings. The number of para-hydroxylation sites is 1. The molecule has 0 saturated heterocycles. The summed E-state index contributed by atoms with van der Waals surface area (Å²) in [5.74, 6) is 0.00260. The van der Waals surface area contributed by atoms with E-state index in [0.717, 1.165) is 25.3 Å². The topological polar surface area (TPSA) is 75.7 Å². The summed E-state index contributed by atoms with van der Waals surface area (Å²) in [4.78, 5) is 9.62. The standard InChI is InChI=1S/C15H11BrN4S/c16-11-5-3-7-19-15(11)21-13-9-4-1-2-6-12(9)20-8-10(13)14(17)18/h1-8H,(H3,17,18). The zero-order valence-electron chi connectivity index (χ0n) is 10.9. The van der Waals surface area contributed by atoms with Crippen LogP contribution in [-0.2, 0) is 0 Å². The highest BCUT2D eigenvalue weighted by atomic mass is 79.9. The van der Waals surface area contributed by atoms with E-state index >= 15 is 0 Å². The van der Waals surface area contributed by atoms with Crippen LogP contribution in [0.1, 0.15) is 5.56 Å². The van der Waals surface area contributed by atoms with Crippen LogP contribution in [0.2, 0.25) is 0 Å². The first-order valence-corrected chi connectivity index (χ1v) is 7.78. The van der Waals surface area contributed by atoms with Gasteiger partial charge in [0.15, 0.2) is 0 Å². The Morgan fingerprint density at radius 3 is 2.71 bits per heavy atom. The number of pyridine rings is 2. The second-order valence-electron chi connectivity index (χ2n) is 4.32. The van der Waals surface area contributed by atoms with Gasteiger partial charge in [-0.25, -0.2) is 4.98 Å². The van der Waals surface area contributed by atoms with Gasteiger partial charge in [0.2, 0.25) is 0 Å². The van der Waals surface area contributed by atoms with Gasteiger partial charge in [-0.05, 0) is 34.1 Å². The number of nitrogens with one attached hydrogen (secondary N) is 1. The first-order chi connectivity index (χ1) is 10.2. The van der Waals surface area contributed by atoms with Crippen LogP contribution in [0.3, 0.4) is 0 Å². The Kier molecular flexibility index (Phi) is 3.90. The fraction of sp³-hybridized carbons (Fsp3) is 0. The molecular formula is C15H11BrN4S. The van der Waals surface area contributed by atoms with Gasteiger partial charge in [0.05, 0.1) is 9.99 Å². The summed E-state index contributed by atoms with van der Waals surface area (Å²) < 4.78 is 0.908. The van der Waals surface area contributed by atoms with Crippen LogP contribution in [0.4, 0.5) is 0 Å². The molecule has 104 valence electrons. The number of rotatable bonds is 3. The SMILES string of the molecule is N=C(N)c1cnc2ccccc2c1Sc1ncccc1Br. The molecule has 2 aromatic heterocycles. The first-order valence-electron chi connectivity index (χ1n) is 6.17. The van der Waals surface area contributed by atoms with Crippen molar-refractivity contribution in [3.8, 4) is 0 Å². The summed E-state index contributed by atoms with van der Waals surface area (Å²) in [6.45, 7) is 0. The first kappa shape index (κ1) is 14.0. The second kappa shape index (κ2) is 5.83. The molecular weight excluding hydrogens is 348 g/mol. The molecule has 0 atom stereocenters. The van der Waals surface area contributed by atoms with Crippen LogP contribution in [0.15, 0.2) is 63.2 Å². The molecule has 0 spiro atoms. The fourth-order valence-corrected chi connectivity index (χ4v) is 3.49. The van der Waals surface area contributed by atoms with Crippen LogP contribution < -0.4 is 5.73 Å². The highest BCUT2D eigenvalue weighted by Crippen LogP contribution is 2.37. The van der Waals surface area contributed by atoms with Gasteiger partial charge in [0.1, 0.15) is 10.9 Å². The average molecular weight is 359 g/mol. The summed E-state index contributed by atoms with van der Waals surface area (Å²) in [7, 11) is 0. The molecule has 1 aromatic carbocycles. The van der Waals surface area contributed by atoms with Crippen LogP contribution in [0, 0.1) is 5.41 Å². The molecule has 0 aliphatic heterocycles. The van der Waals surface area contributed by atoms with E-state index in [1.807, 2.05) is 36.4 Å². The van der Waals surface area contributed by atoms with Crippen LogP contribution >= 0.6 is 27.7 Å². The minimum atomic E-state index is 0.00260. The minimum Gasteiger partial charge on any atom is -0.384 e. The Bertz CT molecular complexity index is 835. The lowest BCUT2D eigenvalue weighted by atomic mass is 10.1. The van der Waals surface area contributed by atoms with Crippen molar-refractivity contribution in [1.29, 1.82) is 5.41 Å². The molecule has 0 aliphatic carbocycles. The van der Waals surface area contributed by atoms with Crippen LogP contribution in [-0.4, -0.2) is 15.8 Å². The van der Waals surface area contributed by atoms with Gasteiger partial charge in [-0.3, -0.25) is 10.4 Å². The van der Waals surface area contributed by atoms with Crippen molar-refractivity contribution >= 4 is 44.4 Å². The normalized spacial score (nSPS) is 10.7. The van der Waals surface area contributed by atoms with Gasteiger partial charge >= 0.3 is 0 Å². The number of hydrogen-bond acceptors (Lipinski definition) is 4. The van der Waals surface area contributed by atoms with E-state index in [-0.39, 0.29) is 5.84 Å². The smallest absolute Gasteiger partial charge is 0.125 e. The lowest BCUT2D eigenvalue weighted by Gasteiger charge is -2.11. The molecule has 21 heavy (non-hydrogen) atoms. The number of halogens is 1. The zero-order valence-corrected chi connectivity index (χ0v) is 13.3. The zero-order chi connectivity index (χ0) is 14.8. The number of aromatic nitrogens is 2. The monoisotopic (exact) mass is 358 g/mol. The molecule has 0 fully saturated rings. The number of fused-ring (bicyclic) bond motifs is 1. The molecule has 3 rings (SSSR count). The molecule has 2 heterocycles. The third-order valence-electron chi connectivity index (χ3n) is 2.94. The van der Waals surface area contributed by atoms with E-state index in [2.05, 4.69) is 25.9 Å². The maximum absolute atomic E-state index is 7.76. The van der Waals surface area contributed by atoms with E-state index in [4.69, 9.17) is 11.1 Å². The van der Waals surface area contributed by atoms with Crippen LogP contribution in [0.25, 0.3) is 10.9 Å². The number of benzene rings is 1. The highest BCUT2D eigenvalue weighted by molar-refractivity contribution is 9.10. The Labute approximate surface area is 134 Å². The van der Waals surface area contributed by atoms with E-state index in [1.165, 1.54) is 11.8 Å². The molecule has 0 unspecified atom stereocenters. The van der Waals surface area contributed by atoms with Crippen molar-refractivity contribution in [3.63, 3.8) is 0 Å². The maximum Gasteiger partial charge on any atom is 0.125 e. The predicted octanol–water partition coefficient (Wildman–Crippen LogP) is 3.83. The quantitative estimate of drug-likeness (QED) is 0.551. The molecule has 3 N–H and O–H groups in total. The number of hydrogen-bond donors (Lipinski definition) is 2. The lowest BCUT2D eigenvalue weighted by Crippen LogP contribution is -2.13. The van der Waals surface area contributed by atoms with Crippen molar-refractivity contribution in [3.05, 3.63) is 58.8 Å². The Morgan fingerprint density at radius 1 is 1.14 bits per heavy atom. The van der Waals surface area contributed by atoms with Crippen molar-refractivity contribution in [2.75, 3.05) is 0 Å². The second-order valence-corrected chi connectivity index (χ2v) is 6.18. The summed E-state index contributed by atoms with van der Waals surface area (Å²) in [5, 5.41) is 9.56. The van der Waals surface area contributed by atoms with Gasteiger partial charge in [-0.2, -0.15) is 0 Å². The Morgan fingerprint density at radius 2 is 1.95 bits per heavy atom. The molecule has 0 bridgehead atoms. The largest absolute Gasteiger partial charge is 0.384 e. The van der Waals surface area contributed by atoms with Crippen LogP contribution in [0.5, 0.6) is 0 Å². The van der Waals surface area contributed by atoms with Crippen molar-refractivity contribution in [2.45, 2.75) is 9.92 Å². The fourth-order valence-electron chi connectivity index (χ4n) is 1.96. The minimum absolute atomic E-state index is 0.00260. The maximum atomic E-state index is 7.76. The van der Waals surface area contributed by atoms with Gasteiger partial charge in [-0.15, -0.1) is 0 Å². The molecule has 6 heteroatoms. The molecule has 3 aromatic rings. The van der Waals surface area contributed by atoms with E-state index < -0.39 is 0 Å². The van der Waals surface area contributed by atoms with Gasteiger partial charge in [0.25, 0.3) is 0 Å². The summed E-state index contributed by atoms with van der Waals surface area (Å²) in [6, 6.07) is 11.6. The highest BCUT2D eigenvalue weighted by Gasteiger charge is 2.14.